The van der Waals surface area contributed by atoms with Gasteiger partial charge in [-0.25, -0.2) is 0 Å². The van der Waals surface area contributed by atoms with E-state index >= 15 is 0 Å². The summed E-state index contributed by atoms with van der Waals surface area (Å²) >= 11 is 6.38. The highest BCUT2D eigenvalue weighted by atomic mass is 35.5. The minimum Gasteiger partial charge on any atom is -0.312 e. The van der Waals surface area contributed by atoms with Crippen molar-refractivity contribution in [3.05, 3.63) is 16.4 Å². The number of aromatic nitrogens is 2. The zero-order chi connectivity index (χ0) is 14.4. The van der Waals surface area contributed by atoms with E-state index < -0.39 is 0 Å². The monoisotopic (exact) mass is 286 g/mol. The van der Waals surface area contributed by atoms with Crippen LogP contribution < -0.4 is 5.32 Å². The SMILES string of the molecule is CCCNC(Cc1c(Cl)c(C)nn1CC)CN(C)C. The van der Waals surface area contributed by atoms with Crippen molar-refractivity contribution in [1.82, 2.24) is 20.0 Å². The Morgan fingerprint density at radius 2 is 2.05 bits per heavy atom. The van der Waals surface area contributed by atoms with Crippen LogP contribution in [0.25, 0.3) is 0 Å². The maximum absolute atomic E-state index is 6.38. The molecule has 0 fully saturated rings. The molecule has 0 aromatic carbocycles. The van der Waals surface area contributed by atoms with Gasteiger partial charge in [0.1, 0.15) is 0 Å². The summed E-state index contributed by atoms with van der Waals surface area (Å²) in [6, 6.07) is 0.411. The summed E-state index contributed by atoms with van der Waals surface area (Å²) in [5.41, 5.74) is 2.08. The van der Waals surface area contributed by atoms with E-state index in [-0.39, 0.29) is 0 Å². The standard InChI is InChI=1S/C14H27ClN4/c1-6-8-16-12(10-18(4)5)9-13-14(15)11(3)17-19(13)7-2/h12,16H,6-10H2,1-5H3. The van der Waals surface area contributed by atoms with Gasteiger partial charge in [-0.15, -0.1) is 0 Å². The van der Waals surface area contributed by atoms with Gasteiger partial charge in [0.25, 0.3) is 0 Å². The number of nitrogens with one attached hydrogen (secondary N) is 1. The third kappa shape index (κ3) is 4.79. The summed E-state index contributed by atoms with van der Waals surface area (Å²) in [5, 5.41) is 8.90. The first-order chi connectivity index (χ1) is 8.99. The van der Waals surface area contributed by atoms with Gasteiger partial charge in [-0.05, 0) is 40.9 Å². The molecule has 19 heavy (non-hydrogen) atoms. The average molecular weight is 287 g/mol. The smallest absolute Gasteiger partial charge is 0.0847 e. The van der Waals surface area contributed by atoms with Crippen LogP contribution in [0.2, 0.25) is 5.02 Å². The van der Waals surface area contributed by atoms with E-state index in [0.717, 1.165) is 48.9 Å². The van der Waals surface area contributed by atoms with Crippen LogP contribution in [0.15, 0.2) is 0 Å². The van der Waals surface area contributed by atoms with Crippen LogP contribution in [-0.4, -0.2) is 47.9 Å². The molecule has 110 valence electrons. The van der Waals surface area contributed by atoms with Gasteiger partial charge in [-0.1, -0.05) is 18.5 Å². The average Bonchev–Trinajstić information content (AvgIpc) is 2.63. The number of likely N-dealkylation sites (N-methyl/N-ethyl adjacent to an activating group) is 1. The van der Waals surface area contributed by atoms with E-state index in [1.165, 1.54) is 0 Å². The van der Waals surface area contributed by atoms with Crippen molar-refractivity contribution < 1.29 is 0 Å². The van der Waals surface area contributed by atoms with E-state index in [1.54, 1.807) is 0 Å². The lowest BCUT2D eigenvalue weighted by atomic mass is 10.1. The molecule has 1 unspecified atom stereocenters. The van der Waals surface area contributed by atoms with Crippen LogP contribution in [0, 0.1) is 6.92 Å². The minimum absolute atomic E-state index is 0.411. The fourth-order valence-corrected chi connectivity index (χ4v) is 2.50. The predicted octanol–water partition coefficient (Wildman–Crippen LogP) is 2.34. The molecule has 1 atom stereocenters. The Bertz CT molecular complexity index is 387. The van der Waals surface area contributed by atoms with E-state index in [4.69, 9.17) is 11.6 Å². The van der Waals surface area contributed by atoms with Crippen LogP contribution in [0.3, 0.4) is 0 Å². The lowest BCUT2D eigenvalue weighted by Gasteiger charge is -2.22. The van der Waals surface area contributed by atoms with Gasteiger partial charge < -0.3 is 10.2 Å². The fraction of sp³-hybridized carbons (Fsp3) is 0.786. The van der Waals surface area contributed by atoms with Gasteiger partial charge >= 0.3 is 0 Å². The number of rotatable bonds is 8. The van der Waals surface area contributed by atoms with Gasteiger partial charge in [0.2, 0.25) is 0 Å². The first-order valence-corrected chi connectivity index (χ1v) is 7.47. The molecule has 5 heteroatoms. The molecule has 0 saturated heterocycles. The molecule has 0 saturated carbocycles. The van der Waals surface area contributed by atoms with Crippen molar-refractivity contribution >= 4 is 11.6 Å². The summed E-state index contributed by atoms with van der Waals surface area (Å²) in [4.78, 5) is 2.21. The first-order valence-electron chi connectivity index (χ1n) is 7.09. The summed E-state index contributed by atoms with van der Waals surface area (Å²) in [5.74, 6) is 0. The lowest BCUT2D eigenvalue weighted by Crippen LogP contribution is -2.40. The Morgan fingerprint density at radius 3 is 2.58 bits per heavy atom. The molecule has 1 heterocycles. The van der Waals surface area contributed by atoms with Gasteiger partial charge in [-0.2, -0.15) is 5.10 Å². The van der Waals surface area contributed by atoms with Crippen molar-refractivity contribution in [2.24, 2.45) is 0 Å². The van der Waals surface area contributed by atoms with Crippen LogP contribution in [0.1, 0.15) is 31.7 Å². The molecule has 0 aliphatic carbocycles. The van der Waals surface area contributed by atoms with Crippen molar-refractivity contribution in [3.8, 4) is 0 Å². The fourth-order valence-electron chi connectivity index (χ4n) is 2.29. The molecule has 0 aliphatic rings. The highest BCUT2D eigenvalue weighted by Crippen LogP contribution is 2.21. The Hall–Kier alpha value is -0.580. The lowest BCUT2D eigenvalue weighted by molar-refractivity contribution is 0.332. The van der Waals surface area contributed by atoms with Crippen LogP contribution in [0.4, 0.5) is 0 Å². The molecule has 0 amide bonds. The summed E-state index contributed by atoms with van der Waals surface area (Å²) < 4.78 is 2.02. The zero-order valence-corrected chi connectivity index (χ0v) is 13.6. The topological polar surface area (TPSA) is 33.1 Å². The highest BCUT2D eigenvalue weighted by molar-refractivity contribution is 6.31. The van der Waals surface area contributed by atoms with Crippen LogP contribution in [0.5, 0.6) is 0 Å². The second-order valence-corrected chi connectivity index (χ2v) is 5.66. The van der Waals surface area contributed by atoms with Gasteiger partial charge in [0, 0.05) is 25.6 Å². The number of nitrogens with zero attached hydrogens (tertiary/aromatic N) is 3. The van der Waals surface area contributed by atoms with Crippen LogP contribution in [-0.2, 0) is 13.0 Å². The Morgan fingerprint density at radius 1 is 1.37 bits per heavy atom. The minimum atomic E-state index is 0.411. The molecular weight excluding hydrogens is 260 g/mol. The van der Waals surface area contributed by atoms with Crippen molar-refractivity contribution in [2.45, 2.75) is 46.2 Å². The summed E-state index contributed by atoms with van der Waals surface area (Å²) in [7, 11) is 4.20. The molecule has 1 N–H and O–H groups in total. The molecule has 0 aliphatic heterocycles. The first kappa shape index (κ1) is 16.5. The maximum atomic E-state index is 6.38. The third-order valence-corrected chi connectivity index (χ3v) is 3.65. The predicted molar refractivity (Wildman–Crippen MR) is 82.0 cm³/mol. The Labute approximate surface area is 122 Å². The van der Waals surface area contributed by atoms with Crippen molar-refractivity contribution in [1.29, 1.82) is 0 Å². The molecule has 1 aromatic heterocycles. The Kier molecular flexibility index (Phi) is 6.83. The molecule has 0 spiro atoms. The number of hydrogen-bond donors (Lipinski definition) is 1. The second-order valence-electron chi connectivity index (χ2n) is 5.28. The number of aryl methyl sites for hydroxylation is 2. The highest BCUT2D eigenvalue weighted by Gasteiger charge is 2.18. The quantitative estimate of drug-likeness (QED) is 0.796. The van der Waals surface area contributed by atoms with E-state index in [9.17, 15) is 0 Å². The molecule has 0 radical (unpaired) electrons. The third-order valence-electron chi connectivity index (χ3n) is 3.16. The normalized spacial score (nSPS) is 13.2. The van der Waals surface area contributed by atoms with Crippen LogP contribution >= 0.6 is 11.6 Å². The summed E-state index contributed by atoms with van der Waals surface area (Å²) in [6.45, 7) is 9.17. The van der Waals surface area contributed by atoms with E-state index in [2.05, 4.69) is 43.3 Å². The van der Waals surface area contributed by atoms with Crippen molar-refractivity contribution in [3.63, 3.8) is 0 Å². The molecule has 4 nitrogen and oxygen atoms in total. The van der Waals surface area contributed by atoms with E-state index in [1.807, 2.05) is 11.6 Å². The molecular formula is C14H27ClN4. The molecule has 0 bridgehead atoms. The van der Waals surface area contributed by atoms with Gasteiger partial charge in [0.15, 0.2) is 0 Å². The van der Waals surface area contributed by atoms with E-state index in [0.29, 0.717) is 6.04 Å². The summed E-state index contributed by atoms with van der Waals surface area (Å²) in [6.07, 6.45) is 2.06. The number of halogens is 1. The van der Waals surface area contributed by atoms with Gasteiger partial charge in [0.05, 0.1) is 16.4 Å². The molecule has 1 rings (SSSR count). The van der Waals surface area contributed by atoms with Crippen molar-refractivity contribution in [2.75, 3.05) is 27.2 Å². The number of hydrogen-bond acceptors (Lipinski definition) is 3. The zero-order valence-electron chi connectivity index (χ0n) is 12.8. The maximum Gasteiger partial charge on any atom is 0.0847 e. The van der Waals surface area contributed by atoms with Gasteiger partial charge in [-0.3, -0.25) is 4.68 Å². The largest absolute Gasteiger partial charge is 0.312 e. The second kappa shape index (κ2) is 7.88. The Balaban J connectivity index is 2.82. The molecule has 1 aromatic rings.